The summed E-state index contributed by atoms with van der Waals surface area (Å²) in [5.41, 5.74) is 5.95. The third-order valence-electron chi connectivity index (χ3n) is 3.53. The van der Waals surface area contributed by atoms with Gasteiger partial charge in [0.05, 0.1) is 0 Å². The molecule has 0 spiro atoms. The van der Waals surface area contributed by atoms with E-state index in [1.165, 1.54) is 13.0 Å². The summed E-state index contributed by atoms with van der Waals surface area (Å²) in [6.45, 7) is 17.6. The molecule has 0 heterocycles. The SMILES string of the molecule is CCN(CC)CCCN(CC)C(C)(C)CN. The van der Waals surface area contributed by atoms with Gasteiger partial charge in [0, 0.05) is 12.1 Å². The Morgan fingerprint density at radius 3 is 1.88 bits per heavy atom. The van der Waals surface area contributed by atoms with Crippen molar-refractivity contribution >= 4 is 0 Å². The van der Waals surface area contributed by atoms with E-state index in [1.807, 2.05) is 0 Å². The zero-order valence-electron chi connectivity index (χ0n) is 11.9. The Kier molecular flexibility index (Phi) is 7.98. The van der Waals surface area contributed by atoms with Gasteiger partial charge < -0.3 is 10.6 Å². The molecule has 0 aliphatic rings. The van der Waals surface area contributed by atoms with Gasteiger partial charge in [0.2, 0.25) is 0 Å². The number of hydrogen-bond acceptors (Lipinski definition) is 3. The van der Waals surface area contributed by atoms with Gasteiger partial charge in [0.25, 0.3) is 0 Å². The average Bonchev–Trinajstić information content (AvgIpc) is 2.29. The van der Waals surface area contributed by atoms with Gasteiger partial charge in [-0.05, 0) is 53.0 Å². The molecule has 0 rings (SSSR count). The lowest BCUT2D eigenvalue weighted by Crippen LogP contribution is -2.50. The van der Waals surface area contributed by atoms with Crippen LogP contribution >= 0.6 is 0 Å². The number of hydrogen-bond donors (Lipinski definition) is 1. The van der Waals surface area contributed by atoms with Crippen molar-refractivity contribution in [2.45, 2.75) is 46.6 Å². The summed E-state index contributed by atoms with van der Waals surface area (Å²) in [4.78, 5) is 4.96. The molecule has 0 aromatic heterocycles. The second kappa shape index (κ2) is 8.04. The van der Waals surface area contributed by atoms with Crippen LogP contribution in [-0.2, 0) is 0 Å². The first-order chi connectivity index (χ1) is 7.51. The maximum Gasteiger partial charge on any atom is 0.0275 e. The van der Waals surface area contributed by atoms with E-state index in [1.54, 1.807) is 0 Å². The summed E-state index contributed by atoms with van der Waals surface area (Å²) >= 11 is 0. The first-order valence-electron chi connectivity index (χ1n) is 6.69. The summed E-state index contributed by atoms with van der Waals surface area (Å²) < 4.78 is 0. The highest BCUT2D eigenvalue weighted by atomic mass is 15.2. The molecule has 0 fully saturated rings. The first kappa shape index (κ1) is 15.9. The fourth-order valence-corrected chi connectivity index (χ4v) is 2.04. The van der Waals surface area contributed by atoms with Gasteiger partial charge in [-0.25, -0.2) is 0 Å². The number of nitrogens with two attached hydrogens (primary N) is 1. The van der Waals surface area contributed by atoms with Gasteiger partial charge in [0.15, 0.2) is 0 Å². The van der Waals surface area contributed by atoms with Gasteiger partial charge in [0.1, 0.15) is 0 Å². The molecule has 0 saturated heterocycles. The standard InChI is InChI=1S/C13H31N3/c1-6-15(7-2)10-9-11-16(8-3)13(4,5)12-14/h6-12,14H2,1-5H3. The van der Waals surface area contributed by atoms with E-state index < -0.39 is 0 Å². The lowest BCUT2D eigenvalue weighted by Gasteiger charge is -2.37. The fraction of sp³-hybridized carbons (Fsp3) is 1.00. The van der Waals surface area contributed by atoms with Crippen LogP contribution in [0.4, 0.5) is 0 Å². The molecular formula is C13H31N3. The van der Waals surface area contributed by atoms with E-state index in [0.29, 0.717) is 0 Å². The third-order valence-corrected chi connectivity index (χ3v) is 3.53. The summed E-state index contributed by atoms with van der Waals surface area (Å²) in [7, 11) is 0. The van der Waals surface area contributed by atoms with Crippen LogP contribution in [0.1, 0.15) is 41.0 Å². The molecule has 0 unspecified atom stereocenters. The van der Waals surface area contributed by atoms with Gasteiger partial charge in [-0.2, -0.15) is 0 Å². The fourth-order valence-electron chi connectivity index (χ4n) is 2.04. The van der Waals surface area contributed by atoms with Crippen LogP contribution in [0.3, 0.4) is 0 Å². The van der Waals surface area contributed by atoms with Crippen LogP contribution in [0.2, 0.25) is 0 Å². The monoisotopic (exact) mass is 229 g/mol. The molecule has 0 radical (unpaired) electrons. The molecule has 98 valence electrons. The zero-order valence-corrected chi connectivity index (χ0v) is 11.9. The van der Waals surface area contributed by atoms with Crippen molar-refractivity contribution in [3.8, 4) is 0 Å². The van der Waals surface area contributed by atoms with Crippen molar-refractivity contribution in [3.05, 3.63) is 0 Å². The van der Waals surface area contributed by atoms with E-state index >= 15 is 0 Å². The first-order valence-corrected chi connectivity index (χ1v) is 6.69. The van der Waals surface area contributed by atoms with Crippen LogP contribution < -0.4 is 5.73 Å². The second-order valence-electron chi connectivity index (χ2n) is 4.98. The molecule has 16 heavy (non-hydrogen) atoms. The van der Waals surface area contributed by atoms with Crippen molar-refractivity contribution in [2.24, 2.45) is 5.73 Å². The Labute approximate surface area is 102 Å². The largest absolute Gasteiger partial charge is 0.329 e. The lowest BCUT2D eigenvalue weighted by molar-refractivity contribution is 0.126. The van der Waals surface area contributed by atoms with Crippen molar-refractivity contribution in [2.75, 3.05) is 39.3 Å². The van der Waals surface area contributed by atoms with Gasteiger partial charge in [-0.15, -0.1) is 0 Å². The van der Waals surface area contributed by atoms with E-state index in [4.69, 9.17) is 5.73 Å². The zero-order chi connectivity index (χ0) is 12.6. The van der Waals surface area contributed by atoms with E-state index in [9.17, 15) is 0 Å². The second-order valence-corrected chi connectivity index (χ2v) is 4.98. The molecule has 3 nitrogen and oxygen atoms in total. The number of rotatable bonds is 9. The smallest absolute Gasteiger partial charge is 0.0275 e. The van der Waals surface area contributed by atoms with Gasteiger partial charge in [-0.3, -0.25) is 4.90 Å². The minimum Gasteiger partial charge on any atom is -0.329 e. The number of nitrogens with zero attached hydrogens (tertiary/aromatic N) is 2. The average molecular weight is 229 g/mol. The van der Waals surface area contributed by atoms with E-state index in [-0.39, 0.29) is 5.54 Å². The minimum atomic E-state index is 0.137. The van der Waals surface area contributed by atoms with E-state index in [2.05, 4.69) is 44.4 Å². The van der Waals surface area contributed by atoms with Crippen molar-refractivity contribution in [1.82, 2.24) is 9.80 Å². The maximum absolute atomic E-state index is 5.81. The van der Waals surface area contributed by atoms with E-state index in [0.717, 1.165) is 32.7 Å². The molecule has 0 aromatic carbocycles. The van der Waals surface area contributed by atoms with Crippen molar-refractivity contribution in [1.29, 1.82) is 0 Å². The highest BCUT2D eigenvalue weighted by molar-refractivity contribution is 4.81. The molecule has 0 aromatic rings. The Balaban J connectivity index is 3.96. The molecular weight excluding hydrogens is 198 g/mol. The van der Waals surface area contributed by atoms with Crippen LogP contribution in [0.25, 0.3) is 0 Å². The molecule has 0 amide bonds. The predicted molar refractivity (Wildman–Crippen MR) is 72.8 cm³/mol. The third kappa shape index (κ3) is 5.28. The molecule has 3 heteroatoms. The normalized spacial score (nSPS) is 12.8. The molecule has 0 aliphatic carbocycles. The quantitative estimate of drug-likeness (QED) is 0.654. The predicted octanol–water partition coefficient (Wildman–Crippen LogP) is 1.78. The van der Waals surface area contributed by atoms with Crippen molar-refractivity contribution < 1.29 is 0 Å². The van der Waals surface area contributed by atoms with Crippen LogP contribution in [0.5, 0.6) is 0 Å². The highest BCUT2D eigenvalue weighted by Gasteiger charge is 2.22. The molecule has 0 bridgehead atoms. The lowest BCUT2D eigenvalue weighted by atomic mass is 10.0. The summed E-state index contributed by atoms with van der Waals surface area (Å²) in [6, 6.07) is 0. The Morgan fingerprint density at radius 1 is 0.938 bits per heavy atom. The van der Waals surface area contributed by atoms with Gasteiger partial charge in [-0.1, -0.05) is 20.8 Å². The molecule has 0 atom stereocenters. The Bertz CT molecular complexity index is 165. The van der Waals surface area contributed by atoms with Crippen LogP contribution in [0.15, 0.2) is 0 Å². The molecule has 0 saturated carbocycles. The summed E-state index contributed by atoms with van der Waals surface area (Å²) in [6.07, 6.45) is 1.24. The van der Waals surface area contributed by atoms with Crippen LogP contribution in [-0.4, -0.2) is 54.6 Å². The highest BCUT2D eigenvalue weighted by Crippen LogP contribution is 2.12. The van der Waals surface area contributed by atoms with Crippen molar-refractivity contribution in [3.63, 3.8) is 0 Å². The summed E-state index contributed by atoms with van der Waals surface area (Å²) in [5, 5.41) is 0. The topological polar surface area (TPSA) is 32.5 Å². The Morgan fingerprint density at radius 2 is 1.50 bits per heavy atom. The summed E-state index contributed by atoms with van der Waals surface area (Å²) in [5.74, 6) is 0. The molecule has 2 N–H and O–H groups in total. The van der Waals surface area contributed by atoms with Gasteiger partial charge >= 0.3 is 0 Å². The van der Waals surface area contributed by atoms with Crippen LogP contribution in [0, 0.1) is 0 Å². The minimum absolute atomic E-state index is 0.137. The molecule has 0 aliphatic heterocycles. The maximum atomic E-state index is 5.81. The Hall–Kier alpha value is -0.120. The number of likely N-dealkylation sites (N-methyl/N-ethyl adjacent to an activating group) is 1.